The van der Waals surface area contributed by atoms with Crippen molar-refractivity contribution in [2.24, 2.45) is 0 Å². The van der Waals surface area contributed by atoms with Crippen molar-refractivity contribution in [2.75, 3.05) is 6.61 Å². The summed E-state index contributed by atoms with van der Waals surface area (Å²) < 4.78 is 21.2. The van der Waals surface area contributed by atoms with Gasteiger partial charge in [0.05, 0.1) is 24.2 Å². The van der Waals surface area contributed by atoms with Gasteiger partial charge in [-0.1, -0.05) is 43.8 Å². The first-order valence-corrected chi connectivity index (χ1v) is 13.8. The molecule has 0 aromatic heterocycles. The molecule has 0 atom stereocenters. The molecule has 0 saturated heterocycles. The summed E-state index contributed by atoms with van der Waals surface area (Å²) in [7, 11) is 0. The zero-order chi connectivity index (χ0) is 30.8. The van der Waals surface area contributed by atoms with Crippen LogP contribution >= 0.6 is 0 Å². The average molecular weight is 585 g/mol. The topological polar surface area (TPSA) is 125 Å². The van der Waals surface area contributed by atoms with E-state index in [1.165, 1.54) is 24.3 Å². The normalized spacial score (nSPS) is 13.0. The van der Waals surface area contributed by atoms with Gasteiger partial charge in [-0.25, -0.2) is 14.4 Å². The van der Waals surface area contributed by atoms with Gasteiger partial charge in [-0.2, -0.15) is 0 Å². The Bertz CT molecular complexity index is 1480. The first-order valence-electron chi connectivity index (χ1n) is 13.8. The van der Waals surface area contributed by atoms with Crippen molar-refractivity contribution in [3.05, 3.63) is 103 Å². The largest absolute Gasteiger partial charge is 0.462 e. The Morgan fingerprint density at radius 1 is 0.651 bits per heavy atom. The number of carbonyl (C=O) groups is 4. The number of benzene rings is 3. The maximum atomic E-state index is 12.6. The summed E-state index contributed by atoms with van der Waals surface area (Å²) >= 11 is 0. The van der Waals surface area contributed by atoms with E-state index in [0.29, 0.717) is 11.3 Å². The summed E-state index contributed by atoms with van der Waals surface area (Å²) in [5.74, 6) is -1.73. The van der Waals surface area contributed by atoms with Crippen LogP contribution in [0.15, 0.2) is 97.1 Å². The molecule has 9 nitrogen and oxygen atoms in total. The fourth-order valence-electron chi connectivity index (χ4n) is 4.34. The van der Waals surface area contributed by atoms with Crippen LogP contribution in [0.25, 0.3) is 11.1 Å². The van der Waals surface area contributed by atoms with Crippen LogP contribution in [0.2, 0.25) is 0 Å². The summed E-state index contributed by atoms with van der Waals surface area (Å²) in [6, 6.07) is 19.4. The van der Waals surface area contributed by atoms with Gasteiger partial charge in [-0.05, 0) is 85.3 Å². The fourth-order valence-corrected chi connectivity index (χ4v) is 4.34. The molecule has 1 aliphatic carbocycles. The van der Waals surface area contributed by atoms with E-state index in [1.807, 2.05) is 0 Å². The molecule has 1 fully saturated rings. The minimum absolute atomic E-state index is 0.0241. The third-order valence-corrected chi connectivity index (χ3v) is 6.74. The molecule has 0 radical (unpaired) electrons. The number of carbonyl (C=O) groups excluding carboxylic acids is 4. The van der Waals surface area contributed by atoms with Gasteiger partial charge >= 0.3 is 23.9 Å². The molecular weight excluding hydrogens is 552 g/mol. The minimum Gasteiger partial charge on any atom is -0.462 e. The van der Waals surface area contributed by atoms with Crippen molar-refractivity contribution >= 4 is 23.9 Å². The number of aliphatic hydroxyl groups excluding tert-OH is 1. The highest BCUT2D eigenvalue weighted by atomic mass is 16.6. The molecule has 43 heavy (non-hydrogen) atoms. The van der Waals surface area contributed by atoms with Crippen molar-refractivity contribution in [2.45, 2.75) is 44.6 Å². The molecule has 0 spiro atoms. The van der Waals surface area contributed by atoms with Gasteiger partial charge in [-0.3, -0.25) is 4.79 Å². The van der Waals surface area contributed by atoms with E-state index >= 15 is 0 Å². The highest BCUT2D eigenvalue weighted by molar-refractivity contribution is 5.94. The van der Waals surface area contributed by atoms with Crippen molar-refractivity contribution < 1.29 is 43.2 Å². The number of ether oxygens (including phenoxy) is 4. The molecule has 4 rings (SSSR count). The minimum atomic E-state index is -0.752. The van der Waals surface area contributed by atoms with E-state index in [1.54, 1.807) is 48.5 Å². The second-order valence-corrected chi connectivity index (χ2v) is 10.0. The zero-order valence-corrected chi connectivity index (χ0v) is 23.6. The van der Waals surface area contributed by atoms with Gasteiger partial charge in [0.2, 0.25) is 0 Å². The van der Waals surface area contributed by atoms with Gasteiger partial charge in [0.25, 0.3) is 0 Å². The average Bonchev–Trinajstić information content (AvgIpc) is 3.02. The quantitative estimate of drug-likeness (QED) is 0.170. The molecule has 0 aliphatic heterocycles. The Labute approximate surface area is 249 Å². The van der Waals surface area contributed by atoms with Crippen molar-refractivity contribution in [1.82, 2.24) is 0 Å². The third-order valence-electron chi connectivity index (χ3n) is 6.74. The van der Waals surface area contributed by atoms with Crippen molar-refractivity contribution in [3.63, 3.8) is 0 Å². The first-order chi connectivity index (χ1) is 20.7. The van der Waals surface area contributed by atoms with Crippen LogP contribution in [-0.2, 0) is 19.1 Å². The van der Waals surface area contributed by atoms with E-state index in [2.05, 4.69) is 13.2 Å². The molecule has 0 bridgehead atoms. The third kappa shape index (κ3) is 8.98. The lowest BCUT2D eigenvalue weighted by Crippen LogP contribution is -2.22. The molecule has 0 amide bonds. The maximum Gasteiger partial charge on any atom is 0.343 e. The lowest BCUT2D eigenvalue weighted by molar-refractivity contribution is -0.150. The Morgan fingerprint density at radius 3 is 1.65 bits per heavy atom. The number of hydrogen-bond acceptors (Lipinski definition) is 9. The number of rotatable bonds is 11. The summed E-state index contributed by atoms with van der Waals surface area (Å²) in [5, 5.41) is 8.94. The lowest BCUT2D eigenvalue weighted by Gasteiger charge is -2.21. The molecule has 222 valence electrons. The second kappa shape index (κ2) is 14.7. The molecule has 1 N–H and O–H groups in total. The molecular formula is C34H32O9. The Balaban J connectivity index is 1.26. The lowest BCUT2D eigenvalue weighted by atomic mass is 9.98. The van der Waals surface area contributed by atoms with Crippen molar-refractivity contribution in [1.29, 1.82) is 0 Å². The molecule has 1 aliphatic rings. The first kappa shape index (κ1) is 30.9. The SMILES string of the molecule is C=C(CO)C(=O)Oc1ccc(OC(=O)c2ccc(-c3ccc(OC(=O)C(=C)CC(=O)OC4CCCCC4)cc3)cc2)cc1. The zero-order valence-electron chi connectivity index (χ0n) is 23.6. The predicted molar refractivity (Wildman–Crippen MR) is 157 cm³/mol. The molecule has 1 saturated carbocycles. The van der Waals surface area contributed by atoms with Crippen LogP contribution in [-0.4, -0.2) is 41.7 Å². The number of aliphatic hydroxyl groups is 1. The smallest absolute Gasteiger partial charge is 0.343 e. The molecule has 0 heterocycles. The number of esters is 4. The van der Waals surface area contributed by atoms with Crippen LogP contribution < -0.4 is 14.2 Å². The highest BCUT2D eigenvalue weighted by Gasteiger charge is 2.21. The van der Waals surface area contributed by atoms with Gasteiger partial charge in [0, 0.05) is 5.57 Å². The Hall–Kier alpha value is -5.02. The van der Waals surface area contributed by atoms with E-state index in [0.717, 1.165) is 43.2 Å². The van der Waals surface area contributed by atoms with E-state index < -0.39 is 30.5 Å². The van der Waals surface area contributed by atoms with Crippen LogP contribution in [0.4, 0.5) is 0 Å². The maximum absolute atomic E-state index is 12.6. The van der Waals surface area contributed by atoms with E-state index in [4.69, 9.17) is 24.1 Å². The summed E-state index contributed by atoms with van der Waals surface area (Å²) in [4.78, 5) is 48.9. The Kier molecular flexibility index (Phi) is 10.6. The van der Waals surface area contributed by atoms with Crippen LogP contribution in [0.5, 0.6) is 17.2 Å². The van der Waals surface area contributed by atoms with Crippen LogP contribution in [0, 0.1) is 0 Å². The van der Waals surface area contributed by atoms with Crippen LogP contribution in [0.3, 0.4) is 0 Å². The highest BCUT2D eigenvalue weighted by Crippen LogP contribution is 2.25. The summed E-state index contributed by atoms with van der Waals surface area (Å²) in [6.07, 6.45) is 4.62. The van der Waals surface area contributed by atoms with Crippen molar-refractivity contribution in [3.8, 4) is 28.4 Å². The molecule has 3 aromatic carbocycles. The van der Waals surface area contributed by atoms with E-state index in [-0.39, 0.29) is 35.2 Å². The standard InChI is InChI=1S/C34H32O9/c1-22(20-31(36)40-27-6-4-3-5-7-27)32(37)41-28-14-12-25(13-15-28)24-8-10-26(11-9-24)34(39)43-30-18-16-29(17-19-30)42-33(38)23(2)21-35/h8-19,27,35H,1-7,20-21H2. The van der Waals surface area contributed by atoms with E-state index in [9.17, 15) is 19.2 Å². The van der Waals surface area contributed by atoms with Gasteiger partial charge < -0.3 is 24.1 Å². The molecule has 9 heteroatoms. The van der Waals surface area contributed by atoms with Crippen LogP contribution in [0.1, 0.15) is 48.9 Å². The van der Waals surface area contributed by atoms with Gasteiger partial charge in [0.15, 0.2) is 0 Å². The summed E-state index contributed by atoms with van der Waals surface area (Å²) in [5.41, 5.74) is 1.91. The number of hydrogen-bond donors (Lipinski definition) is 1. The van der Waals surface area contributed by atoms with Gasteiger partial charge in [-0.15, -0.1) is 0 Å². The fraction of sp³-hybridized carbons (Fsp3) is 0.235. The molecule has 0 unspecified atom stereocenters. The predicted octanol–water partition coefficient (Wildman–Crippen LogP) is 5.75. The molecule has 3 aromatic rings. The monoisotopic (exact) mass is 584 g/mol. The second-order valence-electron chi connectivity index (χ2n) is 10.0. The summed E-state index contributed by atoms with van der Waals surface area (Å²) in [6.45, 7) is 6.57. The van der Waals surface area contributed by atoms with Gasteiger partial charge in [0.1, 0.15) is 23.4 Å². The Morgan fingerprint density at radius 2 is 1.12 bits per heavy atom.